The molecule has 2 N–H and O–H groups in total. The van der Waals surface area contributed by atoms with Crippen molar-refractivity contribution in [3.8, 4) is 0 Å². The summed E-state index contributed by atoms with van der Waals surface area (Å²) in [5.74, 6) is -0.0574. The van der Waals surface area contributed by atoms with Gasteiger partial charge in [-0.05, 0) is 25.2 Å². The normalized spacial score (nSPS) is 16.8. The minimum atomic E-state index is -0.718. The van der Waals surface area contributed by atoms with E-state index < -0.39 is 5.97 Å². The minimum absolute atomic E-state index is 0.336. The Morgan fingerprint density at radius 2 is 1.88 bits per heavy atom. The zero-order valence-electron chi connectivity index (χ0n) is 11.1. The van der Waals surface area contributed by atoms with Crippen LogP contribution in [0.4, 0.5) is 0 Å². The molecule has 0 saturated carbocycles. The molecule has 0 aliphatic heterocycles. The van der Waals surface area contributed by atoms with Crippen molar-refractivity contribution in [2.75, 3.05) is 0 Å². The second-order valence-corrected chi connectivity index (χ2v) is 4.70. The van der Waals surface area contributed by atoms with Gasteiger partial charge in [-0.15, -0.1) is 0 Å². The molecule has 0 aliphatic carbocycles. The Hall–Kier alpha value is -0.570. The van der Waals surface area contributed by atoms with Crippen LogP contribution in [-0.2, 0) is 4.79 Å². The molecule has 0 saturated heterocycles. The van der Waals surface area contributed by atoms with E-state index in [-0.39, 0.29) is 6.04 Å². The van der Waals surface area contributed by atoms with Gasteiger partial charge in [0.1, 0.15) is 6.04 Å². The SMILES string of the molecule is CCCC(NC(CC)CC(C)CC)C(=O)O. The maximum absolute atomic E-state index is 11.0. The van der Waals surface area contributed by atoms with Crippen LogP contribution >= 0.6 is 0 Å². The molecule has 0 spiro atoms. The van der Waals surface area contributed by atoms with E-state index in [0.29, 0.717) is 18.4 Å². The van der Waals surface area contributed by atoms with Gasteiger partial charge in [0.15, 0.2) is 0 Å². The summed E-state index contributed by atoms with van der Waals surface area (Å²) in [5.41, 5.74) is 0. The molecule has 0 rings (SSSR count). The Morgan fingerprint density at radius 1 is 1.25 bits per heavy atom. The number of aliphatic carboxylic acids is 1. The second kappa shape index (κ2) is 8.57. The maximum atomic E-state index is 11.0. The number of hydrogen-bond acceptors (Lipinski definition) is 2. The van der Waals surface area contributed by atoms with Gasteiger partial charge in [-0.2, -0.15) is 0 Å². The zero-order chi connectivity index (χ0) is 12.6. The van der Waals surface area contributed by atoms with E-state index in [4.69, 9.17) is 5.11 Å². The molecule has 3 heteroatoms. The third-order valence-corrected chi connectivity index (χ3v) is 3.19. The van der Waals surface area contributed by atoms with Gasteiger partial charge in [0.25, 0.3) is 0 Å². The highest BCUT2D eigenvalue weighted by molar-refractivity contribution is 5.73. The fourth-order valence-corrected chi connectivity index (χ4v) is 1.86. The second-order valence-electron chi connectivity index (χ2n) is 4.70. The lowest BCUT2D eigenvalue weighted by atomic mass is 9.96. The summed E-state index contributed by atoms with van der Waals surface area (Å²) >= 11 is 0. The van der Waals surface area contributed by atoms with Gasteiger partial charge in [0.05, 0.1) is 0 Å². The summed E-state index contributed by atoms with van der Waals surface area (Å²) in [4.78, 5) is 11.0. The van der Waals surface area contributed by atoms with Crippen molar-refractivity contribution in [2.24, 2.45) is 5.92 Å². The van der Waals surface area contributed by atoms with Crippen molar-refractivity contribution in [3.05, 3.63) is 0 Å². The van der Waals surface area contributed by atoms with Crippen molar-refractivity contribution in [3.63, 3.8) is 0 Å². The Morgan fingerprint density at radius 3 is 2.25 bits per heavy atom. The average molecular weight is 229 g/mol. The molecule has 0 aliphatic rings. The monoisotopic (exact) mass is 229 g/mol. The zero-order valence-corrected chi connectivity index (χ0v) is 11.1. The molecule has 0 aromatic heterocycles. The minimum Gasteiger partial charge on any atom is -0.480 e. The van der Waals surface area contributed by atoms with Crippen LogP contribution < -0.4 is 5.32 Å². The molecule has 0 amide bonds. The van der Waals surface area contributed by atoms with Crippen molar-refractivity contribution >= 4 is 5.97 Å². The summed E-state index contributed by atoms with van der Waals surface area (Å²) < 4.78 is 0. The highest BCUT2D eigenvalue weighted by atomic mass is 16.4. The fourth-order valence-electron chi connectivity index (χ4n) is 1.86. The van der Waals surface area contributed by atoms with Gasteiger partial charge in [-0.3, -0.25) is 4.79 Å². The predicted molar refractivity (Wildman–Crippen MR) is 67.6 cm³/mol. The summed E-state index contributed by atoms with van der Waals surface area (Å²) in [6.45, 7) is 8.54. The van der Waals surface area contributed by atoms with Crippen LogP contribution in [0, 0.1) is 5.92 Å². The molecule has 0 aromatic rings. The molecule has 0 fully saturated rings. The quantitative estimate of drug-likeness (QED) is 0.639. The molecular formula is C13H27NO2. The number of hydrogen-bond donors (Lipinski definition) is 2. The smallest absolute Gasteiger partial charge is 0.320 e. The van der Waals surface area contributed by atoms with E-state index in [9.17, 15) is 4.79 Å². The molecule has 0 radical (unpaired) electrons. The topological polar surface area (TPSA) is 49.3 Å². The summed E-state index contributed by atoms with van der Waals surface area (Å²) in [6.07, 6.45) is 4.85. The standard InChI is InChI=1S/C13H27NO2/c1-5-8-12(13(15)16)14-11(7-3)9-10(4)6-2/h10-12,14H,5-9H2,1-4H3,(H,15,16). The highest BCUT2D eigenvalue weighted by Crippen LogP contribution is 2.13. The van der Waals surface area contributed by atoms with Crippen LogP contribution in [0.2, 0.25) is 0 Å². The first-order chi connectivity index (χ1) is 7.54. The molecule has 3 unspecified atom stereocenters. The Balaban J connectivity index is 4.20. The van der Waals surface area contributed by atoms with E-state index >= 15 is 0 Å². The maximum Gasteiger partial charge on any atom is 0.320 e. The van der Waals surface area contributed by atoms with Gasteiger partial charge in [0.2, 0.25) is 0 Å². The lowest BCUT2D eigenvalue weighted by Crippen LogP contribution is -2.43. The molecule has 0 bridgehead atoms. The molecule has 16 heavy (non-hydrogen) atoms. The third-order valence-electron chi connectivity index (χ3n) is 3.19. The molecule has 0 aromatic carbocycles. The van der Waals surface area contributed by atoms with E-state index in [0.717, 1.165) is 25.7 Å². The number of carbonyl (C=O) groups is 1. The van der Waals surface area contributed by atoms with Gasteiger partial charge < -0.3 is 10.4 Å². The van der Waals surface area contributed by atoms with Crippen LogP contribution in [0.3, 0.4) is 0 Å². The van der Waals surface area contributed by atoms with Crippen molar-refractivity contribution in [2.45, 2.75) is 71.9 Å². The van der Waals surface area contributed by atoms with Crippen LogP contribution in [-0.4, -0.2) is 23.2 Å². The lowest BCUT2D eigenvalue weighted by molar-refractivity contribution is -0.140. The number of carboxylic acid groups (broad SMARTS) is 1. The van der Waals surface area contributed by atoms with Crippen molar-refractivity contribution in [1.82, 2.24) is 5.32 Å². The molecular weight excluding hydrogens is 202 g/mol. The lowest BCUT2D eigenvalue weighted by Gasteiger charge is -2.24. The number of nitrogens with one attached hydrogen (secondary N) is 1. The molecule has 96 valence electrons. The number of rotatable bonds is 9. The summed E-state index contributed by atoms with van der Waals surface area (Å²) in [6, 6.07) is -0.0402. The molecule has 3 atom stereocenters. The summed E-state index contributed by atoms with van der Waals surface area (Å²) in [7, 11) is 0. The Kier molecular flexibility index (Phi) is 8.26. The average Bonchev–Trinajstić information content (AvgIpc) is 2.26. The molecule has 3 nitrogen and oxygen atoms in total. The van der Waals surface area contributed by atoms with Gasteiger partial charge in [0, 0.05) is 6.04 Å². The highest BCUT2D eigenvalue weighted by Gasteiger charge is 2.20. The first-order valence-corrected chi connectivity index (χ1v) is 6.53. The van der Waals surface area contributed by atoms with Gasteiger partial charge in [-0.1, -0.05) is 40.5 Å². The summed E-state index contributed by atoms with van der Waals surface area (Å²) in [5, 5.41) is 12.3. The Bertz CT molecular complexity index is 194. The number of carboxylic acids is 1. The van der Waals surface area contributed by atoms with Gasteiger partial charge >= 0.3 is 5.97 Å². The van der Waals surface area contributed by atoms with E-state index in [1.165, 1.54) is 0 Å². The Labute approximate surface area is 99.6 Å². The first kappa shape index (κ1) is 15.4. The van der Waals surface area contributed by atoms with Crippen LogP contribution in [0.25, 0.3) is 0 Å². The largest absolute Gasteiger partial charge is 0.480 e. The molecule has 0 heterocycles. The van der Waals surface area contributed by atoms with E-state index in [1.807, 2.05) is 6.92 Å². The van der Waals surface area contributed by atoms with E-state index in [1.54, 1.807) is 0 Å². The van der Waals surface area contributed by atoms with Gasteiger partial charge in [-0.25, -0.2) is 0 Å². The van der Waals surface area contributed by atoms with Crippen LogP contribution in [0.15, 0.2) is 0 Å². The third kappa shape index (κ3) is 6.11. The van der Waals surface area contributed by atoms with Crippen LogP contribution in [0.5, 0.6) is 0 Å². The van der Waals surface area contributed by atoms with Crippen LogP contribution in [0.1, 0.15) is 59.8 Å². The van der Waals surface area contributed by atoms with Crippen molar-refractivity contribution in [1.29, 1.82) is 0 Å². The predicted octanol–water partition coefficient (Wildman–Crippen LogP) is 3.04. The van der Waals surface area contributed by atoms with Crippen molar-refractivity contribution < 1.29 is 9.90 Å². The van der Waals surface area contributed by atoms with E-state index in [2.05, 4.69) is 26.1 Å². The fraction of sp³-hybridized carbons (Fsp3) is 0.923. The first-order valence-electron chi connectivity index (χ1n) is 6.53.